The van der Waals surface area contributed by atoms with Crippen molar-refractivity contribution in [1.82, 2.24) is 14.8 Å². The van der Waals surface area contributed by atoms with Crippen LogP contribution in [-0.2, 0) is 20.8 Å². The molecule has 0 radical (unpaired) electrons. The van der Waals surface area contributed by atoms with E-state index in [1.165, 1.54) is 11.8 Å². The first kappa shape index (κ1) is 23.6. The summed E-state index contributed by atoms with van der Waals surface area (Å²) in [6, 6.07) is 7.01. The average molecular weight is 470 g/mol. The second-order valence-corrected chi connectivity index (χ2v) is 9.90. The molecule has 0 aliphatic carbocycles. The third-order valence-electron chi connectivity index (χ3n) is 6.75. The molecule has 33 heavy (non-hydrogen) atoms. The number of hydrogen-bond donors (Lipinski definition) is 1. The Labute approximate surface area is 198 Å². The van der Waals surface area contributed by atoms with Gasteiger partial charge in [-0.3, -0.25) is 14.4 Å². The fourth-order valence-electron chi connectivity index (χ4n) is 4.96. The van der Waals surface area contributed by atoms with E-state index in [9.17, 15) is 19.5 Å². The Morgan fingerprint density at radius 3 is 2.55 bits per heavy atom. The van der Waals surface area contributed by atoms with Crippen molar-refractivity contribution in [3.05, 3.63) is 41.0 Å². The highest BCUT2D eigenvalue weighted by Gasteiger charge is 2.42. The fraction of sp³-hybridized carbons (Fsp3) is 0.520. The molecule has 2 fully saturated rings. The molecule has 2 saturated heterocycles. The Morgan fingerprint density at radius 1 is 1.12 bits per heavy atom. The summed E-state index contributed by atoms with van der Waals surface area (Å²) in [4.78, 5) is 47.0. The molecule has 1 aromatic carbocycles. The van der Waals surface area contributed by atoms with Crippen LogP contribution in [0.25, 0.3) is 10.4 Å². The molecule has 7 nitrogen and oxygen atoms in total. The van der Waals surface area contributed by atoms with Gasteiger partial charge < -0.3 is 14.9 Å². The third-order valence-corrected chi connectivity index (χ3v) is 7.73. The molecule has 0 unspecified atom stereocenters. The summed E-state index contributed by atoms with van der Waals surface area (Å²) in [5.74, 6) is -0.357. The van der Waals surface area contributed by atoms with Gasteiger partial charge in [0.05, 0.1) is 28.2 Å². The van der Waals surface area contributed by atoms with Crippen molar-refractivity contribution >= 4 is 28.9 Å². The summed E-state index contributed by atoms with van der Waals surface area (Å²) < 4.78 is 0. The van der Waals surface area contributed by atoms with E-state index in [2.05, 4.69) is 17.1 Å². The number of carbonyl (C=O) groups excluding carboxylic acids is 3. The highest BCUT2D eigenvalue weighted by Crippen LogP contribution is 2.28. The van der Waals surface area contributed by atoms with Gasteiger partial charge in [0.1, 0.15) is 6.04 Å². The number of nitrogens with zero attached hydrogens (tertiary/aromatic N) is 3. The predicted octanol–water partition coefficient (Wildman–Crippen LogP) is 2.98. The number of rotatable bonds is 6. The molecule has 2 aliphatic rings. The molecule has 0 spiro atoms. The number of aryl methyl sites for hydroxylation is 2. The van der Waals surface area contributed by atoms with Crippen molar-refractivity contribution in [3.63, 3.8) is 0 Å². The first-order valence-electron chi connectivity index (χ1n) is 11.6. The van der Waals surface area contributed by atoms with Crippen LogP contribution < -0.4 is 0 Å². The summed E-state index contributed by atoms with van der Waals surface area (Å²) in [6.45, 7) is 4.19. The highest BCUT2D eigenvalue weighted by atomic mass is 32.1. The SMILES string of the molecule is CC(=O)N1CCCC[C@H]1C(=O)N1C[C@H](O)C[C@H]1C(=O)CCc1ccc(-c2scnc2C)cc1. The number of thiazole rings is 1. The first-order chi connectivity index (χ1) is 15.8. The first-order valence-corrected chi connectivity index (χ1v) is 12.5. The van der Waals surface area contributed by atoms with Crippen molar-refractivity contribution in [1.29, 1.82) is 0 Å². The molecule has 0 bridgehead atoms. The van der Waals surface area contributed by atoms with E-state index in [0.717, 1.165) is 34.5 Å². The monoisotopic (exact) mass is 469 g/mol. The summed E-state index contributed by atoms with van der Waals surface area (Å²) in [6.07, 6.45) is 2.82. The number of piperidine rings is 1. The molecule has 1 aromatic heterocycles. The Kier molecular flexibility index (Phi) is 7.24. The number of likely N-dealkylation sites (tertiary alicyclic amines) is 2. The molecule has 2 amide bonds. The lowest BCUT2D eigenvalue weighted by Gasteiger charge is -2.37. The minimum absolute atomic E-state index is 0.0348. The van der Waals surface area contributed by atoms with Crippen LogP contribution in [-0.4, -0.2) is 68.8 Å². The normalized spacial score (nSPS) is 23.1. The number of amides is 2. The van der Waals surface area contributed by atoms with Gasteiger partial charge in [-0.1, -0.05) is 24.3 Å². The lowest BCUT2D eigenvalue weighted by Crippen LogP contribution is -2.54. The summed E-state index contributed by atoms with van der Waals surface area (Å²) in [5, 5.41) is 10.2. The standard InChI is InChI=1S/C25H31N3O4S/c1-16-24(33-15-26-16)19-9-6-18(7-10-19)8-11-23(31)22-13-20(30)14-28(22)25(32)21-5-3-4-12-27(21)17(2)29/h6-7,9-10,15,20-22,30H,3-5,8,11-14H2,1-2H3/t20-,21+,22+/m1/s1. The number of benzene rings is 1. The maximum absolute atomic E-state index is 13.3. The Bertz CT molecular complexity index is 1020. The molecule has 4 rings (SSSR count). The molecule has 0 saturated carbocycles. The van der Waals surface area contributed by atoms with Crippen molar-refractivity contribution in [2.45, 2.75) is 70.6 Å². The molecule has 1 N–H and O–H groups in total. The quantitative estimate of drug-likeness (QED) is 0.702. The largest absolute Gasteiger partial charge is 0.391 e. The highest BCUT2D eigenvalue weighted by molar-refractivity contribution is 7.13. The van der Waals surface area contributed by atoms with Crippen molar-refractivity contribution in [3.8, 4) is 10.4 Å². The van der Waals surface area contributed by atoms with Crippen molar-refractivity contribution in [2.75, 3.05) is 13.1 Å². The fourth-order valence-corrected chi connectivity index (χ4v) is 5.77. The zero-order valence-electron chi connectivity index (χ0n) is 19.2. The van der Waals surface area contributed by atoms with E-state index in [1.54, 1.807) is 16.2 Å². The molecule has 3 atom stereocenters. The number of β-amino-alcohol motifs (C(OH)–C–C–N with tert-alkyl or cyclic N) is 1. The summed E-state index contributed by atoms with van der Waals surface area (Å²) in [5.41, 5.74) is 5.02. The lowest BCUT2D eigenvalue weighted by molar-refractivity contribution is -0.149. The minimum atomic E-state index is -0.709. The lowest BCUT2D eigenvalue weighted by atomic mass is 9.98. The Balaban J connectivity index is 1.40. The third kappa shape index (κ3) is 5.17. The maximum atomic E-state index is 13.3. The second-order valence-electron chi connectivity index (χ2n) is 9.05. The van der Waals surface area contributed by atoms with Crippen LogP contribution in [0.2, 0.25) is 0 Å². The number of hydrogen-bond acceptors (Lipinski definition) is 6. The van der Waals surface area contributed by atoms with Crippen molar-refractivity contribution in [2.24, 2.45) is 0 Å². The van der Waals surface area contributed by atoms with Gasteiger partial charge in [0.25, 0.3) is 0 Å². The van der Waals surface area contributed by atoms with E-state index >= 15 is 0 Å². The van der Waals surface area contributed by atoms with Gasteiger partial charge >= 0.3 is 0 Å². The molecular weight excluding hydrogens is 438 g/mol. The predicted molar refractivity (Wildman–Crippen MR) is 127 cm³/mol. The zero-order chi connectivity index (χ0) is 23.5. The maximum Gasteiger partial charge on any atom is 0.246 e. The molecule has 8 heteroatoms. The zero-order valence-corrected chi connectivity index (χ0v) is 20.0. The number of Topliss-reactive ketones (excluding diaryl/α,β-unsaturated/α-hetero) is 1. The Morgan fingerprint density at radius 2 is 1.88 bits per heavy atom. The summed E-state index contributed by atoms with van der Waals surface area (Å²) in [7, 11) is 0. The van der Waals surface area contributed by atoms with Crippen LogP contribution in [0, 0.1) is 6.92 Å². The molecule has 2 aliphatic heterocycles. The summed E-state index contributed by atoms with van der Waals surface area (Å²) >= 11 is 1.61. The smallest absolute Gasteiger partial charge is 0.246 e. The van der Waals surface area contributed by atoms with Crippen LogP contribution in [0.15, 0.2) is 29.8 Å². The second kappa shape index (κ2) is 10.1. The average Bonchev–Trinajstić information content (AvgIpc) is 3.42. The molecule has 2 aromatic rings. The molecular formula is C25H31N3O4S. The van der Waals surface area contributed by atoms with Crippen LogP contribution >= 0.6 is 11.3 Å². The number of aliphatic hydroxyl groups excluding tert-OH is 1. The van der Waals surface area contributed by atoms with Gasteiger partial charge in [-0.15, -0.1) is 11.3 Å². The van der Waals surface area contributed by atoms with Crippen LogP contribution in [0.4, 0.5) is 0 Å². The number of carbonyl (C=O) groups is 3. The van der Waals surface area contributed by atoms with Gasteiger partial charge in [-0.2, -0.15) is 0 Å². The number of aliphatic hydroxyl groups is 1. The van der Waals surface area contributed by atoms with E-state index in [1.807, 2.05) is 24.6 Å². The van der Waals surface area contributed by atoms with Gasteiger partial charge in [-0.05, 0) is 43.7 Å². The van der Waals surface area contributed by atoms with E-state index in [-0.39, 0.29) is 30.6 Å². The molecule has 176 valence electrons. The van der Waals surface area contributed by atoms with Crippen molar-refractivity contribution < 1.29 is 19.5 Å². The van der Waals surface area contributed by atoms with E-state index in [0.29, 0.717) is 25.8 Å². The van der Waals surface area contributed by atoms with E-state index in [4.69, 9.17) is 0 Å². The van der Waals surface area contributed by atoms with Crippen LogP contribution in [0.1, 0.15) is 50.3 Å². The number of aromatic nitrogens is 1. The van der Waals surface area contributed by atoms with Gasteiger partial charge in [0.2, 0.25) is 11.8 Å². The number of ketones is 1. The molecule has 3 heterocycles. The van der Waals surface area contributed by atoms with Gasteiger partial charge in [0.15, 0.2) is 5.78 Å². The van der Waals surface area contributed by atoms with Crippen LogP contribution in [0.5, 0.6) is 0 Å². The van der Waals surface area contributed by atoms with Gasteiger partial charge in [0, 0.05) is 32.9 Å². The topological polar surface area (TPSA) is 90.8 Å². The van der Waals surface area contributed by atoms with E-state index < -0.39 is 18.2 Å². The van der Waals surface area contributed by atoms with Crippen LogP contribution in [0.3, 0.4) is 0 Å². The Hall–Kier alpha value is -2.58. The minimum Gasteiger partial charge on any atom is -0.391 e. The van der Waals surface area contributed by atoms with Gasteiger partial charge in [-0.25, -0.2) is 4.98 Å².